The molecule has 1 aliphatic rings. The minimum Gasteiger partial charge on any atom is -0.483 e. The van der Waals surface area contributed by atoms with Crippen LogP contribution in [0.1, 0.15) is 37.3 Å². The van der Waals surface area contributed by atoms with Crippen molar-refractivity contribution in [1.29, 1.82) is 0 Å². The summed E-state index contributed by atoms with van der Waals surface area (Å²) < 4.78 is 11.1. The number of hydrogen-bond donors (Lipinski definition) is 0. The molecule has 1 aliphatic heterocycles. The number of carbonyl (C=O) groups excluding carboxylic acids is 1. The second kappa shape index (κ2) is 6.94. The van der Waals surface area contributed by atoms with Crippen molar-refractivity contribution in [2.45, 2.75) is 39.2 Å². The Bertz CT molecular complexity index is 499. The molecule has 0 saturated carbocycles. The summed E-state index contributed by atoms with van der Waals surface area (Å²) in [6, 6.07) is 6.16. The second-order valence-corrected chi connectivity index (χ2v) is 5.97. The first-order chi connectivity index (χ1) is 10.0. The van der Waals surface area contributed by atoms with Crippen LogP contribution in [-0.2, 0) is 9.53 Å². The van der Waals surface area contributed by atoms with Gasteiger partial charge in [0.1, 0.15) is 5.75 Å². The third-order valence-electron chi connectivity index (χ3n) is 3.97. The van der Waals surface area contributed by atoms with Crippen molar-refractivity contribution >= 4 is 5.91 Å². The molecule has 116 valence electrons. The van der Waals surface area contributed by atoms with E-state index in [0.29, 0.717) is 12.5 Å². The summed E-state index contributed by atoms with van der Waals surface area (Å²) in [5.74, 6) is 1.23. The van der Waals surface area contributed by atoms with Gasteiger partial charge >= 0.3 is 0 Å². The van der Waals surface area contributed by atoms with Gasteiger partial charge < -0.3 is 14.4 Å². The van der Waals surface area contributed by atoms with Gasteiger partial charge in [0, 0.05) is 20.2 Å². The van der Waals surface area contributed by atoms with Crippen LogP contribution in [0, 0.1) is 6.92 Å². The number of ether oxygens (including phenoxy) is 2. The van der Waals surface area contributed by atoms with Crippen LogP contribution in [0.3, 0.4) is 0 Å². The van der Waals surface area contributed by atoms with Crippen LogP contribution in [0.15, 0.2) is 18.2 Å². The summed E-state index contributed by atoms with van der Waals surface area (Å²) >= 11 is 0. The lowest BCUT2D eigenvalue weighted by atomic mass is 10.0. The van der Waals surface area contributed by atoms with Crippen LogP contribution in [0.2, 0.25) is 0 Å². The average Bonchev–Trinajstić information content (AvgIpc) is 2.93. The summed E-state index contributed by atoms with van der Waals surface area (Å²) in [6.07, 6.45) is 1.07. The Balaban J connectivity index is 1.97. The highest BCUT2D eigenvalue weighted by molar-refractivity contribution is 5.78. The third kappa shape index (κ3) is 3.97. The van der Waals surface area contributed by atoms with Gasteiger partial charge in [-0.15, -0.1) is 0 Å². The van der Waals surface area contributed by atoms with Crippen LogP contribution in [0.25, 0.3) is 0 Å². The van der Waals surface area contributed by atoms with Crippen molar-refractivity contribution in [2.24, 2.45) is 0 Å². The molecular formula is C17H25NO3. The molecule has 1 heterocycles. The van der Waals surface area contributed by atoms with Gasteiger partial charge in [0.05, 0.1) is 6.10 Å². The molecule has 0 aromatic heterocycles. The van der Waals surface area contributed by atoms with Gasteiger partial charge in [0.25, 0.3) is 5.91 Å². The molecule has 0 N–H and O–H groups in total. The molecule has 1 saturated heterocycles. The highest BCUT2D eigenvalue weighted by Crippen LogP contribution is 2.27. The van der Waals surface area contributed by atoms with Gasteiger partial charge in [-0.05, 0) is 36.5 Å². The van der Waals surface area contributed by atoms with Gasteiger partial charge in [-0.25, -0.2) is 0 Å². The summed E-state index contributed by atoms with van der Waals surface area (Å²) in [5, 5.41) is 0. The van der Waals surface area contributed by atoms with Crippen molar-refractivity contribution in [1.82, 2.24) is 4.90 Å². The maximum Gasteiger partial charge on any atom is 0.260 e. The van der Waals surface area contributed by atoms with Crippen molar-refractivity contribution < 1.29 is 14.3 Å². The van der Waals surface area contributed by atoms with Crippen molar-refractivity contribution in [3.05, 3.63) is 29.3 Å². The van der Waals surface area contributed by atoms with E-state index in [4.69, 9.17) is 9.47 Å². The Morgan fingerprint density at radius 2 is 2.19 bits per heavy atom. The van der Waals surface area contributed by atoms with E-state index in [0.717, 1.165) is 29.8 Å². The largest absolute Gasteiger partial charge is 0.483 e. The molecule has 0 aliphatic carbocycles. The molecule has 1 aromatic carbocycles. The average molecular weight is 291 g/mol. The fourth-order valence-corrected chi connectivity index (χ4v) is 2.62. The first-order valence-electron chi connectivity index (χ1n) is 7.55. The molecule has 1 fully saturated rings. The summed E-state index contributed by atoms with van der Waals surface area (Å²) in [6.45, 7) is 7.81. The molecule has 2 rings (SSSR count). The van der Waals surface area contributed by atoms with Gasteiger partial charge in [0.15, 0.2) is 6.61 Å². The van der Waals surface area contributed by atoms with E-state index in [-0.39, 0.29) is 18.6 Å². The standard InChI is InChI=1S/C17H25NO3/c1-12(2)15-6-5-13(3)9-16(15)21-11-17(19)18-8-7-14(10-18)20-4/h5-6,9,12,14H,7-8,10-11H2,1-4H3. The summed E-state index contributed by atoms with van der Waals surface area (Å²) in [7, 11) is 1.69. The Hall–Kier alpha value is -1.55. The molecule has 0 radical (unpaired) electrons. The molecule has 1 aromatic rings. The summed E-state index contributed by atoms with van der Waals surface area (Å²) in [4.78, 5) is 14.0. The number of aryl methyl sites for hydroxylation is 1. The quantitative estimate of drug-likeness (QED) is 0.837. The normalized spacial score (nSPS) is 18.3. The highest BCUT2D eigenvalue weighted by Gasteiger charge is 2.26. The van der Waals surface area contributed by atoms with Crippen LogP contribution >= 0.6 is 0 Å². The van der Waals surface area contributed by atoms with Gasteiger partial charge in [-0.2, -0.15) is 0 Å². The monoisotopic (exact) mass is 291 g/mol. The number of methoxy groups -OCH3 is 1. The number of nitrogens with zero attached hydrogens (tertiary/aromatic N) is 1. The van der Waals surface area contributed by atoms with Crippen LogP contribution < -0.4 is 4.74 Å². The first-order valence-corrected chi connectivity index (χ1v) is 7.55. The number of likely N-dealkylation sites (tertiary alicyclic amines) is 1. The zero-order valence-electron chi connectivity index (χ0n) is 13.4. The van der Waals surface area contributed by atoms with E-state index < -0.39 is 0 Å². The first kappa shape index (κ1) is 15.8. The smallest absolute Gasteiger partial charge is 0.260 e. The molecule has 4 nitrogen and oxygen atoms in total. The topological polar surface area (TPSA) is 38.8 Å². The van der Waals surface area contributed by atoms with Crippen molar-refractivity contribution in [2.75, 3.05) is 26.8 Å². The minimum atomic E-state index is 0.0331. The Kier molecular flexibility index (Phi) is 5.23. The molecule has 4 heteroatoms. The maximum atomic E-state index is 12.2. The Morgan fingerprint density at radius 1 is 1.43 bits per heavy atom. The van der Waals surface area contributed by atoms with Gasteiger partial charge in [-0.1, -0.05) is 26.0 Å². The van der Waals surface area contributed by atoms with E-state index in [1.54, 1.807) is 7.11 Å². The minimum absolute atomic E-state index is 0.0331. The van der Waals surface area contributed by atoms with Crippen molar-refractivity contribution in [3.8, 4) is 5.75 Å². The highest BCUT2D eigenvalue weighted by atomic mass is 16.5. The molecule has 0 bridgehead atoms. The van der Waals surface area contributed by atoms with Crippen molar-refractivity contribution in [3.63, 3.8) is 0 Å². The molecule has 1 amide bonds. The fourth-order valence-electron chi connectivity index (χ4n) is 2.62. The molecule has 1 unspecified atom stereocenters. The number of amides is 1. The lowest BCUT2D eigenvalue weighted by Gasteiger charge is -2.18. The predicted octanol–water partition coefficient (Wildman–Crippen LogP) is 2.74. The van der Waals surface area contributed by atoms with E-state index in [1.165, 1.54) is 0 Å². The zero-order chi connectivity index (χ0) is 15.4. The number of carbonyl (C=O) groups is 1. The molecule has 0 spiro atoms. The Morgan fingerprint density at radius 3 is 2.81 bits per heavy atom. The van der Waals surface area contributed by atoms with Crippen LogP contribution in [0.4, 0.5) is 0 Å². The molecular weight excluding hydrogens is 266 g/mol. The van der Waals surface area contributed by atoms with E-state index in [1.807, 2.05) is 17.9 Å². The number of benzene rings is 1. The lowest BCUT2D eigenvalue weighted by molar-refractivity contribution is -0.132. The number of rotatable bonds is 5. The molecule has 21 heavy (non-hydrogen) atoms. The number of hydrogen-bond acceptors (Lipinski definition) is 3. The van der Waals surface area contributed by atoms with Crippen LogP contribution in [0.5, 0.6) is 5.75 Å². The Labute approximate surface area is 127 Å². The second-order valence-electron chi connectivity index (χ2n) is 5.97. The van der Waals surface area contributed by atoms with E-state index in [9.17, 15) is 4.79 Å². The van der Waals surface area contributed by atoms with Gasteiger partial charge in [-0.3, -0.25) is 4.79 Å². The SMILES string of the molecule is COC1CCN(C(=O)COc2cc(C)ccc2C(C)C)C1. The molecule has 1 atom stereocenters. The summed E-state index contributed by atoms with van der Waals surface area (Å²) in [5.41, 5.74) is 2.28. The maximum absolute atomic E-state index is 12.2. The predicted molar refractivity (Wildman–Crippen MR) is 82.8 cm³/mol. The lowest BCUT2D eigenvalue weighted by Crippen LogP contribution is -2.34. The van der Waals surface area contributed by atoms with Gasteiger partial charge in [0.2, 0.25) is 0 Å². The van der Waals surface area contributed by atoms with E-state index >= 15 is 0 Å². The zero-order valence-corrected chi connectivity index (χ0v) is 13.4. The van der Waals surface area contributed by atoms with Crippen LogP contribution in [-0.4, -0.2) is 43.7 Å². The fraction of sp³-hybridized carbons (Fsp3) is 0.588. The van der Waals surface area contributed by atoms with E-state index in [2.05, 4.69) is 26.0 Å². The third-order valence-corrected chi connectivity index (χ3v) is 3.97.